The quantitative estimate of drug-likeness (QED) is 0.324. The van der Waals surface area contributed by atoms with E-state index in [2.05, 4.69) is 29.5 Å². The lowest BCUT2D eigenvalue weighted by molar-refractivity contribution is -0.138. The maximum atomic E-state index is 11.9. The van der Waals surface area contributed by atoms with Crippen LogP contribution >= 0.6 is 0 Å². The molecule has 0 saturated carbocycles. The van der Waals surface area contributed by atoms with Crippen LogP contribution < -0.4 is 11.2 Å². The first kappa shape index (κ1) is 19.2. The fourth-order valence-corrected chi connectivity index (χ4v) is 3.19. The van der Waals surface area contributed by atoms with Crippen molar-refractivity contribution in [1.29, 1.82) is 0 Å². The van der Waals surface area contributed by atoms with E-state index in [4.69, 9.17) is 5.84 Å². The van der Waals surface area contributed by atoms with Crippen molar-refractivity contribution >= 4 is 17.9 Å². The third-order valence-corrected chi connectivity index (χ3v) is 4.62. The zero-order valence-corrected chi connectivity index (χ0v) is 15.7. The summed E-state index contributed by atoms with van der Waals surface area (Å²) in [6, 6.07) is 22.4. The molecule has 3 aromatic carbocycles. The van der Waals surface area contributed by atoms with Gasteiger partial charge < -0.3 is 16.3 Å². The second-order valence-electron chi connectivity index (χ2n) is 6.45. The Bertz CT molecular complexity index is 967. The SMILES string of the molecule is CCc1cc(C(Nc2ccc(C=NN)cc2)C(=O)O)ccc1-c1ccccc1. The van der Waals surface area contributed by atoms with Crippen molar-refractivity contribution in [1.82, 2.24) is 0 Å². The number of carboxylic acid groups (broad SMARTS) is 1. The van der Waals surface area contributed by atoms with Crippen LogP contribution in [0.2, 0.25) is 0 Å². The number of nitrogens with one attached hydrogen (secondary N) is 1. The average Bonchev–Trinajstić information content (AvgIpc) is 2.73. The van der Waals surface area contributed by atoms with Crippen molar-refractivity contribution in [3.63, 3.8) is 0 Å². The molecule has 3 rings (SSSR count). The van der Waals surface area contributed by atoms with Crippen LogP contribution in [0.25, 0.3) is 11.1 Å². The van der Waals surface area contributed by atoms with E-state index >= 15 is 0 Å². The highest BCUT2D eigenvalue weighted by molar-refractivity contribution is 5.82. The van der Waals surface area contributed by atoms with Crippen LogP contribution in [0, 0.1) is 0 Å². The van der Waals surface area contributed by atoms with Gasteiger partial charge in [-0.2, -0.15) is 5.10 Å². The Kier molecular flexibility index (Phi) is 6.07. The number of aryl methyl sites for hydroxylation is 1. The predicted octanol–water partition coefficient (Wildman–Crippen LogP) is 4.45. The maximum Gasteiger partial charge on any atom is 0.330 e. The molecular weight excluding hydrogens is 350 g/mol. The smallest absolute Gasteiger partial charge is 0.330 e. The first-order valence-electron chi connectivity index (χ1n) is 9.13. The zero-order valence-electron chi connectivity index (χ0n) is 15.7. The third kappa shape index (κ3) is 4.38. The molecule has 0 amide bonds. The van der Waals surface area contributed by atoms with Crippen molar-refractivity contribution in [3.05, 3.63) is 89.5 Å². The van der Waals surface area contributed by atoms with E-state index in [-0.39, 0.29) is 0 Å². The van der Waals surface area contributed by atoms with Gasteiger partial charge >= 0.3 is 5.97 Å². The van der Waals surface area contributed by atoms with Crippen LogP contribution in [-0.4, -0.2) is 17.3 Å². The Balaban J connectivity index is 1.90. The number of carboxylic acids is 1. The van der Waals surface area contributed by atoms with Crippen LogP contribution in [0.1, 0.15) is 29.7 Å². The lowest BCUT2D eigenvalue weighted by Crippen LogP contribution is -2.20. The van der Waals surface area contributed by atoms with E-state index in [0.717, 1.165) is 34.2 Å². The predicted molar refractivity (Wildman–Crippen MR) is 113 cm³/mol. The minimum absolute atomic E-state index is 0.715. The molecule has 4 N–H and O–H groups in total. The molecule has 142 valence electrons. The minimum atomic E-state index is -0.929. The molecule has 5 heteroatoms. The van der Waals surface area contributed by atoms with Gasteiger partial charge in [-0.3, -0.25) is 0 Å². The summed E-state index contributed by atoms with van der Waals surface area (Å²) in [5, 5.41) is 16.4. The summed E-state index contributed by atoms with van der Waals surface area (Å²) >= 11 is 0. The fraction of sp³-hybridized carbons (Fsp3) is 0.130. The molecule has 1 unspecified atom stereocenters. The van der Waals surface area contributed by atoms with Crippen molar-refractivity contribution in [2.75, 3.05) is 5.32 Å². The van der Waals surface area contributed by atoms with Gasteiger partial charge in [-0.05, 0) is 46.4 Å². The summed E-state index contributed by atoms with van der Waals surface area (Å²) in [7, 11) is 0. The Hall–Kier alpha value is -3.60. The van der Waals surface area contributed by atoms with Gasteiger partial charge in [-0.25, -0.2) is 4.79 Å². The molecule has 1 atom stereocenters. The average molecular weight is 373 g/mol. The van der Waals surface area contributed by atoms with Gasteiger partial charge in [0.05, 0.1) is 6.21 Å². The minimum Gasteiger partial charge on any atom is -0.479 e. The van der Waals surface area contributed by atoms with Gasteiger partial charge in [0.15, 0.2) is 6.04 Å². The lowest BCUT2D eigenvalue weighted by atomic mass is 9.93. The molecule has 0 aromatic heterocycles. The standard InChI is InChI=1S/C23H23N3O2/c1-2-17-14-19(10-13-21(17)18-6-4-3-5-7-18)22(23(27)28)26-20-11-8-16(9-12-20)15-25-24/h3-15,22,26H,2,24H2,1H3,(H,27,28). The monoisotopic (exact) mass is 373 g/mol. The largest absolute Gasteiger partial charge is 0.479 e. The van der Waals surface area contributed by atoms with Crippen molar-refractivity contribution in [3.8, 4) is 11.1 Å². The molecule has 0 spiro atoms. The van der Waals surface area contributed by atoms with Gasteiger partial charge in [0.1, 0.15) is 0 Å². The van der Waals surface area contributed by atoms with Crippen LogP contribution in [-0.2, 0) is 11.2 Å². The van der Waals surface area contributed by atoms with Crippen LogP contribution in [0.5, 0.6) is 0 Å². The molecule has 0 saturated heterocycles. The highest BCUT2D eigenvalue weighted by Crippen LogP contribution is 2.29. The van der Waals surface area contributed by atoms with Gasteiger partial charge in [0.25, 0.3) is 0 Å². The number of nitrogens with two attached hydrogens (primary N) is 1. The van der Waals surface area contributed by atoms with Crippen LogP contribution in [0.4, 0.5) is 5.69 Å². The zero-order chi connectivity index (χ0) is 19.9. The van der Waals surface area contributed by atoms with E-state index in [0.29, 0.717) is 5.69 Å². The van der Waals surface area contributed by atoms with Crippen LogP contribution in [0.15, 0.2) is 77.9 Å². The molecule has 28 heavy (non-hydrogen) atoms. The number of benzene rings is 3. The summed E-state index contributed by atoms with van der Waals surface area (Å²) in [5.74, 6) is 4.22. The van der Waals surface area contributed by atoms with Crippen LogP contribution in [0.3, 0.4) is 0 Å². The topological polar surface area (TPSA) is 87.7 Å². The second kappa shape index (κ2) is 8.86. The second-order valence-corrected chi connectivity index (χ2v) is 6.45. The number of nitrogens with zero attached hydrogens (tertiary/aromatic N) is 1. The first-order chi connectivity index (χ1) is 13.6. The molecule has 3 aromatic rings. The molecule has 0 heterocycles. The van der Waals surface area contributed by atoms with E-state index in [1.807, 2.05) is 60.7 Å². The molecule has 5 nitrogen and oxygen atoms in total. The number of aliphatic carboxylic acids is 1. The summed E-state index contributed by atoms with van der Waals surface area (Å²) < 4.78 is 0. The van der Waals surface area contributed by atoms with E-state index in [1.54, 1.807) is 0 Å². The number of rotatable bonds is 7. The Labute approximate surface area is 164 Å². The Morgan fingerprint density at radius 2 is 1.82 bits per heavy atom. The number of anilines is 1. The van der Waals surface area contributed by atoms with Gasteiger partial charge in [0.2, 0.25) is 0 Å². The van der Waals surface area contributed by atoms with E-state index < -0.39 is 12.0 Å². The number of carbonyl (C=O) groups is 1. The Morgan fingerprint density at radius 3 is 2.43 bits per heavy atom. The lowest BCUT2D eigenvalue weighted by Gasteiger charge is -2.19. The molecule has 0 aliphatic heterocycles. The molecule has 0 aliphatic rings. The molecule has 0 aliphatic carbocycles. The van der Waals surface area contributed by atoms with Gasteiger partial charge in [-0.15, -0.1) is 0 Å². The fourth-order valence-electron chi connectivity index (χ4n) is 3.19. The summed E-state index contributed by atoms with van der Waals surface area (Å²) in [6.07, 6.45) is 2.35. The number of hydrogen-bond acceptors (Lipinski definition) is 4. The number of hydrogen-bond donors (Lipinski definition) is 3. The van der Waals surface area contributed by atoms with E-state index in [9.17, 15) is 9.90 Å². The molecule has 0 bridgehead atoms. The maximum absolute atomic E-state index is 11.9. The summed E-state index contributed by atoms with van der Waals surface area (Å²) in [5.41, 5.74) is 5.65. The Morgan fingerprint density at radius 1 is 1.11 bits per heavy atom. The highest BCUT2D eigenvalue weighted by atomic mass is 16.4. The van der Waals surface area contributed by atoms with Gasteiger partial charge in [-0.1, -0.05) is 67.6 Å². The van der Waals surface area contributed by atoms with Gasteiger partial charge in [0, 0.05) is 5.69 Å². The molecular formula is C23H23N3O2. The highest BCUT2D eigenvalue weighted by Gasteiger charge is 2.21. The summed E-state index contributed by atoms with van der Waals surface area (Å²) in [4.78, 5) is 11.9. The van der Waals surface area contributed by atoms with Crippen molar-refractivity contribution in [2.45, 2.75) is 19.4 Å². The number of hydrazone groups is 1. The normalized spacial score (nSPS) is 12.0. The molecule has 0 fully saturated rings. The van der Waals surface area contributed by atoms with Crippen molar-refractivity contribution < 1.29 is 9.90 Å². The molecule has 0 radical (unpaired) electrons. The van der Waals surface area contributed by atoms with Crippen molar-refractivity contribution in [2.24, 2.45) is 10.9 Å². The first-order valence-corrected chi connectivity index (χ1v) is 9.13. The van der Waals surface area contributed by atoms with E-state index in [1.165, 1.54) is 6.21 Å². The summed E-state index contributed by atoms with van der Waals surface area (Å²) in [6.45, 7) is 2.08. The third-order valence-electron chi connectivity index (χ3n) is 4.62.